The van der Waals surface area contributed by atoms with Crippen LogP contribution in [0.15, 0.2) is 59.3 Å². The van der Waals surface area contributed by atoms with Gasteiger partial charge in [0.05, 0.1) is 11.9 Å². The normalized spacial score (nSPS) is 15.8. The molecule has 1 saturated carbocycles. The fourth-order valence-corrected chi connectivity index (χ4v) is 4.31. The maximum Gasteiger partial charge on any atom is 0.287 e. The summed E-state index contributed by atoms with van der Waals surface area (Å²) in [4.78, 5) is 34.0. The molecule has 0 radical (unpaired) electrons. The molecule has 2 amide bonds. The summed E-state index contributed by atoms with van der Waals surface area (Å²) in [6, 6.07) is 12.0. The first-order valence-electron chi connectivity index (χ1n) is 11.7. The molecule has 0 bridgehead atoms. The van der Waals surface area contributed by atoms with E-state index in [1.807, 2.05) is 25.1 Å². The zero-order chi connectivity index (χ0) is 23.9. The van der Waals surface area contributed by atoms with Crippen LogP contribution in [-0.2, 0) is 4.79 Å². The number of nitrogens with zero attached hydrogens (tertiary/aromatic N) is 2. The number of pyridine rings is 2. The number of amides is 2. The number of likely N-dealkylation sites (N-methyl/N-ethyl adjacent to an activating group) is 1. The van der Waals surface area contributed by atoms with Crippen LogP contribution in [-0.4, -0.2) is 34.9 Å². The molecule has 2 atom stereocenters. The lowest BCUT2D eigenvalue weighted by atomic mass is 9.83. The lowest BCUT2D eigenvalue weighted by molar-refractivity contribution is -0.124. The highest BCUT2D eigenvalue weighted by Crippen LogP contribution is 2.28. The van der Waals surface area contributed by atoms with Crippen LogP contribution in [0.4, 0.5) is 0 Å². The van der Waals surface area contributed by atoms with Crippen molar-refractivity contribution in [1.82, 2.24) is 20.6 Å². The van der Waals surface area contributed by atoms with E-state index in [-0.39, 0.29) is 23.7 Å². The van der Waals surface area contributed by atoms with Gasteiger partial charge in [-0.15, -0.1) is 0 Å². The van der Waals surface area contributed by atoms with Gasteiger partial charge in [0, 0.05) is 13.2 Å². The second-order valence-electron chi connectivity index (χ2n) is 8.52. The third-order valence-corrected chi connectivity index (χ3v) is 6.17. The number of hydrogen-bond acceptors (Lipinski definition) is 6. The van der Waals surface area contributed by atoms with Crippen molar-refractivity contribution in [2.75, 3.05) is 7.05 Å². The Morgan fingerprint density at radius 3 is 2.56 bits per heavy atom. The fraction of sp³-hybridized carbons (Fsp3) is 0.385. The first kappa shape index (κ1) is 23.5. The van der Waals surface area contributed by atoms with E-state index in [1.165, 1.54) is 6.42 Å². The molecule has 8 nitrogen and oxygen atoms in total. The number of carbonyl (C=O) groups excluding carboxylic acids is 2. The number of ether oxygens (including phenoxy) is 1. The Balaban J connectivity index is 1.41. The van der Waals surface area contributed by atoms with Gasteiger partial charge in [0.1, 0.15) is 23.6 Å². The molecule has 2 N–H and O–H groups in total. The molecule has 34 heavy (non-hydrogen) atoms. The van der Waals surface area contributed by atoms with Gasteiger partial charge in [-0.1, -0.05) is 25.3 Å². The number of furan rings is 1. The second kappa shape index (κ2) is 11.0. The molecule has 0 spiro atoms. The summed E-state index contributed by atoms with van der Waals surface area (Å²) in [5.74, 6) is 0.759. The van der Waals surface area contributed by atoms with Gasteiger partial charge in [-0.25, -0.2) is 4.98 Å². The highest BCUT2D eigenvalue weighted by molar-refractivity contribution is 5.96. The smallest absolute Gasteiger partial charge is 0.287 e. The molecular formula is C26H30N4O4. The maximum atomic E-state index is 12.8. The molecule has 0 aromatic carbocycles. The summed E-state index contributed by atoms with van der Waals surface area (Å²) in [5.41, 5.74) is 1.41. The van der Waals surface area contributed by atoms with Gasteiger partial charge >= 0.3 is 0 Å². The van der Waals surface area contributed by atoms with Crippen LogP contribution in [0.25, 0.3) is 11.5 Å². The Labute approximate surface area is 199 Å². The average Bonchev–Trinajstić information content (AvgIpc) is 3.39. The van der Waals surface area contributed by atoms with E-state index in [9.17, 15) is 9.59 Å². The van der Waals surface area contributed by atoms with Gasteiger partial charge in [0.15, 0.2) is 11.5 Å². The SMILES string of the molecule is CNC(=O)[C@@H](NC(=O)c1ccc(-c2ccc(O[C@H](C)c3ccccn3)cn2)o1)C1CCCCC1. The molecule has 0 unspecified atom stereocenters. The summed E-state index contributed by atoms with van der Waals surface area (Å²) in [6.45, 7) is 1.92. The van der Waals surface area contributed by atoms with Crippen LogP contribution in [0.3, 0.4) is 0 Å². The molecule has 3 heterocycles. The largest absolute Gasteiger partial charge is 0.483 e. The van der Waals surface area contributed by atoms with E-state index >= 15 is 0 Å². The van der Waals surface area contributed by atoms with Crippen molar-refractivity contribution < 1.29 is 18.7 Å². The quantitative estimate of drug-likeness (QED) is 0.517. The predicted molar refractivity (Wildman–Crippen MR) is 127 cm³/mol. The minimum atomic E-state index is -0.568. The number of hydrogen-bond donors (Lipinski definition) is 2. The molecule has 8 heteroatoms. The van der Waals surface area contributed by atoms with Crippen LogP contribution in [0.5, 0.6) is 5.75 Å². The second-order valence-corrected chi connectivity index (χ2v) is 8.52. The highest BCUT2D eigenvalue weighted by atomic mass is 16.5. The maximum absolute atomic E-state index is 12.8. The number of aromatic nitrogens is 2. The molecule has 0 aliphatic heterocycles. The monoisotopic (exact) mass is 462 g/mol. The topological polar surface area (TPSA) is 106 Å². The van der Waals surface area contributed by atoms with Crippen molar-refractivity contribution in [2.24, 2.45) is 5.92 Å². The lowest BCUT2D eigenvalue weighted by Crippen LogP contribution is -2.50. The van der Waals surface area contributed by atoms with Crippen LogP contribution >= 0.6 is 0 Å². The van der Waals surface area contributed by atoms with Gasteiger partial charge in [0.2, 0.25) is 5.91 Å². The van der Waals surface area contributed by atoms with Crippen molar-refractivity contribution in [3.8, 4) is 17.2 Å². The van der Waals surface area contributed by atoms with Crippen LogP contribution in [0.1, 0.15) is 61.4 Å². The molecule has 4 rings (SSSR count). The van der Waals surface area contributed by atoms with Gasteiger partial charge in [-0.3, -0.25) is 14.6 Å². The highest BCUT2D eigenvalue weighted by Gasteiger charge is 2.31. The Kier molecular flexibility index (Phi) is 7.57. The zero-order valence-corrected chi connectivity index (χ0v) is 19.5. The summed E-state index contributed by atoms with van der Waals surface area (Å²) in [6.07, 6.45) is 8.30. The molecule has 0 saturated heterocycles. The van der Waals surface area contributed by atoms with E-state index in [4.69, 9.17) is 9.15 Å². The summed E-state index contributed by atoms with van der Waals surface area (Å²) >= 11 is 0. The van der Waals surface area contributed by atoms with Crippen molar-refractivity contribution >= 4 is 11.8 Å². The summed E-state index contributed by atoms with van der Waals surface area (Å²) in [5, 5.41) is 5.54. The molecule has 1 aliphatic rings. The molecule has 178 valence electrons. The van der Waals surface area contributed by atoms with E-state index in [0.29, 0.717) is 17.2 Å². The average molecular weight is 463 g/mol. The van der Waals surface area contributed by atoms with Crippen LogP contribution in [0.2, 0.25) is 0 Å². The summed E-state index contributed by atoms with van der Waals surface area (Å²) < 4.78 is 11.7. The van der Waals surface area contributed by atoms with E-state index in [1.54, 1.807) is 43.7 Å². The first-order valence-corrected chi connectivity index (χ1v) is 11.7. The third kappa shape index (κ3) is 5.62. The van der Waals surface area contributed by atoms with Gasteiger partial charge in [-0.2, -0.15) is 0 Å². The fourth-order valence-electron chi connectivity index (χ4n) is 4.31. The zero-order valence-electron chi connectivity index (χ0n) is 19.5. The van der Waals surface area contributed by atoms with Gasteiger partial charge in [0.25, 0.3) is 5.91 Å². The van der Waals surface area contributed by atoms with Crippen molar-refractivity contribution in [2.45, 2.75) is 51.2 Å². The number of rotatable bonds is 8. The van der Waals surface area contributed by atoms with Gasteiger partial charge < -0.3 is 19.8 Å². The Morgan fingerprint density at radius 2 is 1.88 bits per heavy atom. The van der Waals surface area contributed by atoms with E-state index < -0.39 is 11.9 Å². The predicted octanol–water partition coefficient (Wildman–Crippen LogP) is 4.30. The standard InChI is InChI=1S/C26H30N4O4/c1-17(20-10-6-7-15-28-20)33-19-11-12-21(29-16-19)22-13-14-23(34-22)25(31)30-24(26(32)27-2)18-8-4-3-5-9-18/h6-7,10-18,24H,3-5,8-9H2,1-2H3,(H,27,32)(H,30,31)/t17-,24+/m1/s1. The van der Waals surface area contributed by atoms with Crippen molar-refractivity contribution in [1.29, 1.82) is 0 Å². The molecule has 3 aromatic rings. The minimum Gasteiger partial charge on any atom is -0.483 e. The molecule has 1 aliphatic carbocycles. The Morgan fingerprint density at radius 1 is 1.06 bits per heavy atom. The molecular weight excluding hydrogens is 432 g/mol. The number of nitrogens with one attached hydrogen (secondary N) is 2. The Hall–Kier alpha value is -3.68. The Bertz CT molecular complexity index is 1090. The van der Waals surface area contributed by atoms with Crippen molar-refractivity contribution in [3.63, 3.8) is 0 Å². The van der Waals surface area contributed by atoms with Gasteiger partial charge in [-0.05, 0) is 62.1 Å². The molecule has 1 fully saturated rings. The van der Waals surface area contributed by atoms with Crippen LogP contribution in [0, 0.1) is 5.92 Å². The lowest BCUT2D eigenvalue weighted by Gasteiger charge is -2.29. The first-order chi connectivity index (χ1) is 16.5. The number of carbonyl (C=O) groups is 2. The molecule has 3 aromatic heterocycles. The third-order valence-electron chi connectivity index (χ3n) is 6.17. The van der Waals surface area contributed by atoms with Crippen LogP contribution < -0.4 is 15.4 Å². The van der Waals surface area contributed by atoms with E-state index in [2.05, 4.69) is 20.6 Å². The minimum absolute atomic E-state index is 0.134. The summed E-state index contributed by atoms with van der Waals surface area (Å²) in [7, 11) is 1.59. The van der Waals surface area contributed by atoms with Crippen molar-refractivity contribution in [3.05, 3.63) is 66.3 Å². The van der Waals surface area contributed by atoms with E-state index in [0.717, 1.165) is 31.4 Å².